The molecule has 0 aliphatic carbocycles. The molecule has 0 radical (unpaired) electrons. The second kappa shape index (κ2) is 16.6. The highest BCUT2D eigenvalue weighted by atomic mass is 32.2. The van der Waals surface area contributed by atoms with Crippen LogP contribution in [0.3, 0.4) is 0 Å². The standard InChI is InChI=1S/C41H52N4O7S/c1-9-45(41(5,6)7)24-28-10-12-29(13-11-28)27(4)39(40(47)42-26(2)3)43-38(46)23-35(32-16-19-36-37(22-32)52-25-51-36)44-53(48,49)34-18-15-30-20-33(50-8)17-14-31(30)21-34/h10-22,26-27,35,39,44H,9,23-25H2,1-8H3,(H,42,47)(H,43,46). The molecule has 284 valence electrons. The molecule has 1 aliphatic heterocycles. The van der Waals surface area contributed by atoms with Gasteiger partial charge in [-0.25, -0.2) is 13.1 Å². The summed E-state index contributed by atoms with van der Waals surface area (Å²) in [7, 11) is -2.56. The summed E-state index contributed by atoms with van der Waals surface area (Å²) in [5.41, 5.74) is 2.55. The molecule has 1 heterocycles. The number of amides is 2. The van der Waals surface area contributed by atoms with Crippen LogP contribution in [0.25, 0.3) is 10.8 Å². The van der Waals surface area contributed by atoms with Crippen LogP contribution in [-0.4, -0.2) is 63.2 Å². The Morgan fingerprint density at radius 1 is 0.849 bits per heavy atom. The normalized spacial score (nSPS) is 14.6. The van der Waals surface area contributed by atoms with E-state index in [1.807, 2.05) is 39.0 Å². The Bertz CT molecular complexity index is 2030. The molecule has 5 rings (SSSR count). The molecule has 2 amide bonds. The van der Waals surface area contributed by atoms with Crippen molar-refractivity contribution in [1.29, 1.82) is 0 Å². The number of sulfonamides is 1. The molecule has 0 saturated heterocycles. The predicted molar refractivity (Wildman–Crippen MR) is 207 cm³/mol. The Balaban J connectivity index is 1.40. The van der Waals surface area contributed by atoms with E-state index in [2.05, 4.69) is 60.1 Å². The van der Waals surface area contributed by atoms with Gasteiger partial charge in [0.15, 0.2) is 11.5 Å². The summed E-state index contributed by atoms with van der Waals surface area (Å²) < 4.78 is 47.0. The van der Waals surface area contributed by atoms with E-state index in [0.717, 1.165) is 29.6 Å². The zero-order valence-electron chi connectivity index (χ0n) is 31.9. The molecule has 1 aliphatic rings. The first-order chi connectivity index (χ1) is 25.1. The highest BCUT2D eigenvalue weighted by Crippen LogP contribution is 2.36. The Hall–Kier alpha value is -4.65. The number of ether oxygens (including phenoxy) is 3. The van der Waals surface area contributed by atoms with Gasteiger partial charge in [-0.05, 0) is 105 Å². The lowest BCUT2D eigenvalue weighted by Crippen LogP contribution is -2.51. The lowest BCUT2D eigenvalue weighted by molar-refractivity contribution is -0.130. The third-order valence-electron chi connectivity index (χ3n) is 9.55. The van der Waals surface area contributed by atoms with E-state index < -0.39 is 33.9 Å². The number of rotatable bonds is 15. The van der Waals surface area contributed by atoms with Crippen LogP contribution in [0.15, 0.2) is 83.8 Å². The van der Waals surface area contributed by atoms with Crippen LogP contribution in [0, 0.1) is 0 Å². The van der Waals surface area contributed by atoms with Gasteiger partial charge in [0, 0.05) is 30.5 Å². The van der Waals surface area contributed by atoms with Crippen molar-refractivity contribution in [3.05, 3.63) is 95.6 Å². The molecular weight excluding hydrogens is 693 g/mol. The molecule has 12 heteroatoms. The molecular formula is C41H52N4O7S. The average Bonchev–Trinajstić information content (AvgIpc) is 3.59. The fourth-order valence-corrected chi connectivity index (χ4v) is 7.74. The number of carbonyl (C=O) groups excluding carboxylic acids is 2. The van der Waals surface area contributed by atoms with E-state index >= 15 is 0 Å². The Morgan fingerprint density at radius 2 is 1.51 bits per heavy atom. The van der Waals surface area contributed by atoms with Crippen LogP contribution in [-0.2, 0) is 26.2 Å². The molecule has 53 heavy (non-hydrogen) atoms. The molecule has 3 unspecified atom stereocenters. The van der Waals surface area contributed by atoms with E-state index in [4.69, 9.17) is 14.2 Å². The number of nitrogens with zero attached hydrogens (tertiary/aromatic N) is 1. The van der Waals surface area contributed by atoms with Crippen LogP contribution in [0.5, 0.6) is 17.2 Å². The quantitative estimate of drug-likeness (QED) is 0.127. The SMILES string of the molecule is CCN(Cc1ccc(C(C)C(NC(=O)CC(NS(=O)(=O)c2ccc3cc(OC)ccc3c2)c2ccc3c(c2)OCO3)C(=O)NC(C)C)cc1)C(C)(C)C. The van der Waals surface area contributed by atoms with E-state index in [9.17, 15) is 18.0 Å². The van der Waals surface area contributed by atoms with E-state index in [-0.39, 0.29) is 35.6 Å². The van der Waals surface area contributed by atoms with Gasteiger partial charge in [-0.3, -0.25) is 14.5 Å². The summed E-state index contributed by atoms with van der Waals surface area (Å²) in [4.78, 5) is 30.0. The van der Waals surface area contributed by atoms with Crippen molar-refractivity contribution in [2.75, 3.05) is 20.4 Å². The summed E-state index contributed by atoms with van der Waals surface area (Å²) in [6, 6.07) is 21.3. The average molecular weight is 745 g/mol. The van der Waals surface area contributed by atoms with E-state index in [1.54, 1.807) is 49.6 Å². The number of nitrogens with one attached hydrogen (secondary N) is 3. The maximum Gasteiger partial charge on any atom is 0.243 e. The zero-order chi connectivity index (χ0) is 38.5. The molecule has 11 nitrogen and oxygen atoms in total. The fraction of sp³-hybridized carbons (Fsp3) is 0.415. The van der Waals surface area contributed by atoms with Crippen molar-refractivity contribution >= 4 is 32.6 Å². The van der Waals surface area contributed by atoms with E-state index in [1.165, 1.54) is 6.07 Å². The predicted octanol–water partition coefficient (Wildman–Crippen LogP) is 6.42. The van der Waals surface area contributed by atoms with Crippen molar-refractivity contribution in [3.63, 3.8) is 0 Å². The maximum absolute atomic E-state index is 14.0. The third-order valence-corrected chi connectivity index (χ3v) is 11.0. The summed E-state index contributed by atoms with van der Waals surface area (Å²) in [6.45, 7) is 16.1. The van der Waals surface area contributed by atoms with Crippen molar-refractivity contribution in [3.8, 4) is 17.2 Å². The number of methoxy groups -OCH3 is 1. The minimum Gasteiger partial charge on any atom is -0.497 e. The Labute approximate surface area is 313 Å². The smallest absolute Gasteiger partial charge is 0.243 e. The Morgan fingerprint density at radius 3 is 2.17 bits per heavy atom. The van der Waals surface area contributed by atoms with Gasteiger partial charge in [0.2, 0.25) is 28.6 Å². The highest BCUT2D eigenvalue weighted by molar-refractivity contribution is 7.89. The lowest BCUT2D eigenvalue weighted by Gasteiger charge is -2.34. The van der Waals surface area contributed by atoms with Crippen LogP contribution < -0.4 is 29.6 Å². The first-order valence-corrected chi connectivity index (χ1v) is 19.5. The van der Waals surface area contributed by atoms with Crippen LogP contribution in [0.2, 0.25) is 0 Å². The first-order valence-electron chi connectivity index (χ1n) is 18.0. The van der Waals surface area contributed by atoms with Gasteiger partial charge in [-0.1, -0.05) is 56.3 Å². The van der Waals surface area contributed by atoms with E-state index in [0.29, 0.717) is 28.2 Å². The van der Waals surface area contributed by atoms with Crippen molar-refractivity contribution in [1.82, 2.24) is 20.3 Å². The van der Waals surface area contributed by atoms with Gasteiger partial charge in [0.1, 0.15) is 11.8 Å². The number of hydrogen-bond acceptors (Lipinski definition) is 8. The highest BCUT2D eigenvalue weighted by Gasteiger charge is 2.32. The fourth-order valence-electron chi connectivity index (χ4n) is 6.48. The molecule has 0 fully saturated rings. The molecule has 0 spiro atoms. The Kier molecular flexibility index (Phi) is 12.4. The van der Waals surface area contributed by atoms with Gasteiger partial charge in [0.05, 0.1) is 18.0 Å². The number of fused-ring (bicyclic) bond motifs is 2. The topological polar surface area (TPSA) is 135 Å². The third kappa shape index (κ3) is 9.87. The molecule has 3 N–H and O–H groups in total. The van der Waals surface area contributed by atoms with Gasteiger partial charge in [-0.2, -0.15) is 0 Å². The van der Waals surface area contributed by atoms with Crippen molar-refractivity contribution < 1.29 is 32.2 Å². The number of carbonyl (C=O) groups is 2. The summed E-state index contributed by atoms with van der Waals surface area (Å²) >= 11 is 0. The van der Waals surface area contributed by atoms with Gasteiger partial charge in [0.25, 0.3) is 0 Å². The molecule has 3 atom stereocenters. The minimum absolute atomic E-state index is 0.0157. The van der Waals surface area contributed by atoms with Crippen molar-refractivity contribution in [2.45, 2.75) is 95.9 Å². The second-order valence-electron chi connectivity index (χ2n) is 14.8. The molecule has 0 aromatic heterocycles. The van der Waals surface area contributed by atoms with Crippen molar-refractivity contribution in [2.24, 2.45) is 0 Å². The van der Waals surface area contributed by atoms with Crippen LogP contribution >= 0.6 is 0 Å². The molecule has 4 aromatic carbocycles. The summed E-state index contributed by atoms with van der Waals surface area (Å²) in [5.74, 6) is 0.401. The lowest BCUT2D eigenvalue weighted by atomic mass is 9.91. The number of benzene rings is 4. The molecule has 4 aromatic rings. The summed E-state index contributed by atoms with van der Waals surface area (Å²) in [5, 5.41) is 7.42. The van der Waals surface area contributed by atoms with Gasteiger partial charge < -0.3 is 24.8 Å². The molecule has 0 saturated carbocycles. The monoisotopic (exact) mass is 744 g/mol. The summed E-state index contributed by atoms with van der Waals surface area (Å²) in [6.07, 6.45) is -0.291. The minimum atomic E-state index is -4.13. The first kappa shape index (κ1) is 39.6. The van der Waals surface area contributed by atoms with Crippen LogP contribution in [0.4, 0.5) is 0 Å². The zero-order valence-corrected chi connectivity index (χ0v) is 32.7. The molecule has 0 bridgehead atoms. The largest absolute Gasteiger partial charge is 0.497 e. The van der Waals surface area contributed by atoms with Gasteiger partial charge >= 0.3 is 0 Å². The maximum atomic E-state index is 14.0. The van der Waals surface area contributed by atoms with Gasteiger partial charge in [-0.15, -0.1) is 0 Å². The van der Waals surface area contributed by atoms with Crippen LogP contribution in [0.1, 0.15) is 83.5 Å². The number of hydrogen-bond donors (Lipinski definition) is 3. The second-order valence-corrected chi connectivity index (χ2v) is 16.5.